The molecule has 3 N–H and O–H groups in total. The van der Waals surface area contributed by atoms with Crippen LogP contribution < -0.4 is 20.7 Å². The van der Waals surface area contributed by atoms with Crippen LogP contribution in [0.5, 0.6) is 5.75 Å². The van der Waals surface area contributed by atoms with Gasteiger partial charge in [-0.25, -0.2) is 4.79 Å². The Kier molecular flexibility index (Phi) is 7.48. The molecule has 8 heteroatoms. The normalized spacial score (nSPS) is 14.4. The van der Waals surface area contributed by atoms with Crippen LogP contribution in [-0.2, 0) is 14.3 Å². The molecule has 164 valence electrons. The number of hydrogen-bond acceptors (Lipinski definition) is 6. The van der Waals surface area contributed by atoms with Gasteiger partial charge in [-0.05, 0) is 62.6 Å². The van der Waals surface area contributed by atoms with Gasteiger partial charge < -0.3 is 25.4 Å². The van der Waals surface area contributed by atoms with Crippen molar-refractivity contribution in [1.82, 2.24) is 0 Å². The third-order valence-corrected chi connectivity index (χ3v) is 5.03. The monoisotopic (exact) mass is 425 g/mol. The number of carbonyl (C=O) groups is 3. The number of ether oxygens (including phenoxy) is 2. The Labute approximate surface area is 181 Å². The van der Waals surface area contributed by atoms with Crippen molar-refractivity contribution in [2.75, 3.05) is 29.9 Å². The highest BCUT2D eigenvalue weighted by Gasteiger charge is 2.19. The van der Waals surface area contributed by atoms with Crippen molar-refractivity contribution >= 4 is 29.2 Å². The third kappa shape index (κ3) is 6.21. The molecular formula is C23H27N3O5. The molecule has 2 amide bonds. The Bertz CT molecular complexity index is 923. The molecule has 2 aromatic carbocycles. The fourth-order valence-corrected chi connectivity index (χ4v) is 3.37. The summed E-state index contributed by atoms with van der Waals surface area (Å²) in [6, 6.07) is 13.9. The van der Waals surface area contributed by atoms with E-state index in [1.807, 2.05) is 24.3 Å². The molecule has 31 heavy (non-hydrogen) atoms. The molecule has 1 aliphatic rings. The van der Waals surface area contributed by atoms with Gasteiger partial charge in [-0.15, -0.1) is 0 Å². The number of nitrogens with zero attached hydrogens (tertiary/aromatic N) is 1. The topological polar surface area (TPSA) is 111 Å². The summed E-state index contributed by atoms with van der Waals surface area (Å²) in [5.41, 5.74) is 7.19. The number of para-hydroxylation sites is 1. The number of primary amides is 1. The molecule has 1 aliphatic heterocycles. The van der Waals surface area contributed by atoms with Crippen molar-refractivity contribution in [3.05, 3.63) is 54.1 Å². The van der Waals surface area contributed by atoms with E-state index in [0.29, 0.717) is 5.69 Å². The summed E-state index contributed by atoms with van der Waals surface area (Å²) in [6.45, 7) is 3.12. The Balaban J connectivity index is 1.47. The van der Waals surface area contributed by atoms with Gasteiger partial charge in [0.15, 0.2) is 12.7 Å². The van der Waals surface area contributed by atoms with E-state index in [9.17, 15) is 14.4 Å². The molecule has 2 aromatic rings. The largest absolute Gasteiger partial charge is 0.481 e. The predicted octanol–water partition coefficient (Wildman–Crippen LogP) is 2.73. The Hall–Kier alpha value is -3.55. The first kappa shape index (κ1) is 22.1. The van der Waals surface area contributed by atoms with Gasteiger partial charge in [0.05, 0.1) is 5.56 Å². The van der Waals surface area contributed by atoms with Crippen molar-refractivity contribution in [3.63, 3.8) is 0 Å². The van der Waals surface area contributed by atoms with Crippen molar-refractivity contribution < 1.29 is 23.9 Å². The van der Waals surface area contributed by atoms with E-state index in [4.69, 9.17) is 15.2 Å². The first-order valence-electron chi connectivity index (χ1n) is 10.3. The van der Waals surface area contributed by atoms with Gasteiger partial charge in [0.1, 0.15) is 5.75 Å². The Morgan fingerprint density at radius 1 is 1.03 bits per heavy atom. The molecule has 1 heterocycles. The van der Waals surface area contributed by atoms with Crippen molar-refractivity contribution in [2.45, 2.75) is 32.3 Å². The fourth-order valence-electron chi connectivity index (χ4n) is 3.37. The van der Waals surface area contributed by atoms with Crippen LogP contribution in [0.1, 0.15) is 36.5 Å². The van der Waals surface area contributed by atoms with Crippen LogP contribution in [0.25, 0.3) is 0 Å². The minimum atomic E-state index is -1.01. The van der Waals surface area contributed by atoms with Gasteiger partial charge in [0.2, 0.25) is 0 Å². The predicted molar refractivity (Wildman–Crippen MR) is 117 cm³/mol. The lowest BCUT2D eigenvalue weighted by Crippen LogP contribution is -2.32. The van der Waals surface area contributed by atoms with Crippen LogP contribution >= 0.6 is 0 Å². The minimum Gasteiger partial charge on any atom is -0.481 e. The second-order valence-electron chi connectivity index (χ2n) is 7.37. The molecule has 0 aliphatic carbocycles. The molecule has 1 atom stereocenters. The molecule has 0 saturated carbocycles. The maximum Gasteiger partial charge on any atom is 0.344 e. The van der Waals surface area contributed by atoms with E-state index < -0.39 is 30.5 Å². The second kappa shape index (κ2) is 10.5. The van der Waals surface area contributed by atoms with Crippen LogP contribution in [0.3, 0.4) is 0 Å². The first-order chi connectivity index (χ1) is 14.9. The van der Waals surface area contributed by atoms with E-state index in [0.717, 1.165) is 18.8 Å². The number of nitrogens with one attached hydrogen (secondary N) is 1. The highest BCUT2D eigenvalue weighted by Crippen LogP contribution is 2.22. The first-order valence-corrected chi connectivity index (χ1v) is 10.3. The van der Waals surface area contributed by atoms with Gasteiger partial charge in [0.25, 0.3) is 11.8 Å². The van der Waals surface area contributed by atoms with E-state index in [1.165, 1.54) is 38.3 Å². The molecule has 0 aromatic heterocycles. The quantitative estimate of drug-likeness (QED) is 0.629. The number of esters is 1. The molecule has 0 bridgehead atoms. The number of nitrogens with two attached hydrogens (primary N) is 1. The smallest absolute Gasteiger partial charge is 0.344 e. The molecule has 8 nitrogen and oxygen atoms in total. The molecule has 1 fully saturated rings. The molecule has 3 rings (SSSR count). The number of hydrogen-bond donors (Lipinski definition) is 2. The standard InChI is InChI=1S/C23H27N3O5/c1-16(31-21(27)15-30-20-8-4-3-7-19(20)22(24)28)23(29)25-17-9-11-18(12-10-17)26-13-5-2-6-14-26/h3-4,7-12,16H,2,5-6,13-15H2,1H3,(H2,24,28)(H,25,29)/t16-/m0/s1. The average molecular weight is 425 g/mol. The van der Waals surface area contributed by atoms with E-state index >= 15 is 0 Å². The van der Waals surface area contributed by atoms with Crippen molar-refractivity contribution in [1.29, 1.82) is 0 Å². The van der Waals surface area contributed by atoms with Crippen LogP contribution in [0, 0.1) is 0 Å². The van der Waals surface area contributed by atoms with E-state index in [2.05, 4.69) is 10.2 Å². The van der Waals surface area contributed by atoms with Crippen LogP contribution in [-0.4, -0.2) is 43.6 Å². The third-order valence-electron chi connectivity index (χ3n) is 5.03. The lowest BCUT2D eigenvalue weighted by atomic mass is 10.1. The van der Waals surface area contributed by atoms with Crippen LogP contribution in [0.2, 0.25) is 0 Å². The van der Waals surface area contributed by atoms with Gasteiger partial charge in [-0.1, -0.05) is 12.1 Å². The van der Waals surface area contributed by atoms with E-state index in [1.54, 1.807) is 12.1 Å². The Morgan fingerprint density at radius 2 is 1.71 bits per heavy atom. The molecule has 0 radical (unpaired) electrons. The summed E-state index contributed by atoms with van der Waals surface area (Å²) < 4.78 is 10.4. The molecule has 0 spiro atoms. The lowest BCUT2D eigenvalue weighted by Gasteiger charge is -2.28. The van der Waals surface area contributed by atoms with Crippen molar-refractivity contribution in [3.8, 4) is 5.75 Å². The highest BCUT2D eigenvalue weighted by molar-refractivity contribution is 5.96. The van der Waals surface area contributed by atoms with Crippen LogP contribution in [0.4, 0.5) is 11.4 Å². The maximum atomic E-state index is 12.4. The highest BCUT2D eigenvalue weighted by atomic mass is 16.6. The van der Waals surface area contributed by atoms with E-state index in [-0.39, 0.29) is 11.3 Å². The van der Waals surface area contributed by atoms with Gasteiger partial charge in [0, 0.05) is 24.5 Å². The lowest BCUT2D eigenvalue weighted by molar-refractivity contribution is -0.155. The van der Waals surface area contributed by atoms with Gasteiger partial charge >= 0.3 is 5.97 Å². The summed E-state index contributed by atoms with van der Waals surface area (Å²) in [6.07, 6.45) is 2.65. The zero-order valence-electron chi connectivity index (χ0n) is 17.5. The molecule has 0 unspecified atom stereocenters. The number of anilines is 2. The zero-order chi connectivity index (χ0) is 22.2. The van der Waals surface area contributed by atoms with Gasteiger partial charge in [-0.3, -0.25) is 9.59 Å². The number of piperidine rings is 1. The molecule has 1 saturated heterocycles. The maximum absolute atomic E-state index is 12.4. The summed E-state index contributed by atoms with van der Waals surface area (Å²) in [7, 11) is 0. The number of benzene rings is 2. The fraction of sp³-hybridized carbons (Fsp3) is 0.348. The summed E-state index contributed by atoms with van der Waals surface area (Å²) in [5.74, 6) is -1.67. The number of carbonyl (C=O) groups excluding carboxylic acids is 3. The van der Waals surface area contributed by atoms with Crippen LogP contribution in [0.15, 0.2) is 48.5 Å². The molecular weight excluding hydrogens is 398 g/mol. The number of rotatable bonds is 8. The zero-order valence-corrected chi connectivity index (χ0v) is 17.5. The summed E-state index contributed by atoms with van der Waals surface area (Å²) in [5, 5.41) is 2.74. The van der Waals surface area contributed by atoms with Crippen molar-refractivity contribution in [2.24, 2.45) is 5.73 Å². The Morgan fingerprint density at radius 3 is 2.39 bits per heavy atom. The SMILES string of the molecule is C[C@H](OC(=O)COc1ccccc1C(N)=O)C(=O)Nc1ccc(N2CCCCC2)cc1. The second-order valence-corrected chi connectivity index (χ2v) is 7.37. The van der Waals surface area contributed by atoms with Gasteiger partial charge in [-0.2, -0.15) is 0 Å². The minimum absolute atomic E-state index is 0.161. The number of amides is 2. The average Bonchev–Trinajstić information content (AvgIpc) is 2.79. The summed E-state index contributed by atoms with van der Waals surface area (Å²) >= 11 is 0. The summed E-state index contributed by atoms with van der Waals surface area (Å²) in [4.78, 5) is 38.1.